The number of carbonyl (C=O) groups excluding carboxylic acids is 1. The highest BCUT2D eigenvalue weighted by Gasteiger charge is 2.21. The van der Waals surface area contributed by atoms with Gasteiger partial charge in [-0.25, -0.2) is 0 Å². The van der Waals surface area contributed by atoms with Crippen LogP contribution in [0.15, 0.2) is 24.3 Å². The zero-order valence-corrected chi connectivity index (χ0v) is 12.7. The van der Waals surface area contributed by atoms with Gasteiger partial charge in [0.25, 0.3) is 0 Å². The lowest BCUT2D eigenvalue weighted by atomic mass is 10.1. The third-order valence-electron chi connectivity index (χ3n) is 3.90. The Morgan fingerprint density at radius 2 is 1.80 bits per heavy atom. The average Bonchev–Trinajstić information content (AvgIpc) is 2.86. The normalized spacial score (nSPS) is 15.2. The number of hydrogen-bond donors (Lipinski definition) is 1. The first-order valence-electron chi connectivity index (χ1n) is 7.91. The van der Waals surface area contributed by atoms with E-state index in [0.29, 0.717) is 12.5 Å². The lowest BCUT2D eigenvalue weighted by molar-refractivity contribution is -0.117. The van der Waals surface area contributed by atoms with Crippen LogP contribution in [-0.2, 0) is 4.79 Å². The molecular weight excluding hydrogens is 248 g/mol. The van der Waals surface area contributed by atoms with Crippen molar-refractivity contribution in [3.63, 3.8) is 0 Å². The van der Waals surface area contributed by atoms with Crippen molar-refractivity contribution in [1.29, 1.82) is 0 Å². The second-order valence-corrected chi connectivity index (χ2v) is 5.61. The molecule has 1 N–H and O–H groups in total. The quantitative estimate of drug-likeness (QED) is 0.808. The Morgan fingerprint density at radius 1 is 1.15 bits per heavy atom. The van der Waals surface area contributed by atoms with E-state index in [1.807, 2.05) is 4.90 Å². The number of amides is 1. The van der Waals surface area contributed by atoms with Crippen molar-refractivity contribution in [1.82, 2.24) is 0 Å². The van der Waals surface area contributed by atoms with Gasteiger partial charge < -0.3 is 10.2 Å². The highest BCUT2D eigenvalue weighted by Crippen LogP contribution is 2.24. The van der Waals surface area contributed by atoms with Crippen molar-refractivity contribution >= 4 is 17.3 Å². The summed E-state index contributed by atoms with van der Waals surface area (Å²) >= 11 is 0. The van der Waals surface area contributed by atoms with E-state index in [2.05, 4.69) is 43.4 Å². The summed E-state index contributed by atoms with van der Waals surface area (Å²) in [5, 5.41) is 3.61. The van der Waals surface area contributed by atoms with Gasteiger partial charge in [-0.3, -0.25) is 4.79 Å². The Hall–Kier alpha value is -1.51. The molecule has 1 aromatic rings. The summed E-state index contributed by atoms with van der Waals surface area (Å²) in [6, 6.07) is 8.86. The molecule has 1 heterocycles. The van der Waals surface area contributed by atoms with Gasteiger partial charge in [0.1, 0.15) is 0 Å². The fourth-order valence-corrected chi connectivity index (χ4v) is 2.88. The second kappa shape index (κ2) is 7.32. The molecule has 1 amide bonds. The van der Waals surface area contributed by atoms with Crippen LogP contribution in [0.25, 0.3) is 0 Å². The molecule has 110 valence electrons. The van der Waals surface area contributed by atoms with Crippen molar-refractivity contribution in [2.75, 3.05) is 16.8 Å². The third-order valence-corrected chi connectivity index (χ3v) is 3.90. The Morgan fingerprint density at radius 3 is 2.30 bits per heavy atom. The molecule has 0 atom stereocenters. The topological polar surface area (TPSA) is 32.3 Å². The molecule has 0 unspecified atom stereocenters. The molecule has 1 aromatic carbocycles. The molecule has 1 aliphatic heterocycles. The zero-order valence-electron chi connectivity index (χ0n) is 12.7. The molecule has 20 heavy (non-hydrogen) atoms. The van der Waals surface area contributed by atoms with Crippen LogP contribution < -0.4 is 10.2 Å². The van der Waals surface area contributed by atoms with Crippen LogP contribution in [-0.4, -0.2) is 18.5 Å². The number of anilines is 2. The van der Waals surface area contributed by atoms with Gasteiger partial charge in [0, 0.05) is 30.4 Å². The highest BCUT2D eigenvalue weighted by atomic mass is 16.2. The van der Waals surface area contributed by atoms with Gasteiger partial charge in [-0.05, 0) is 43.5 Å². The average molecular weight is 274 g/mol. The zero-order chi connectivity index (χ0) is 14.4. The third kappa shape index (κ3) is 3.75. The molecule has 0 aromatic heterocycles. The van der Waals surface area contributed by atoms with Gasteiger partial charge in [0.15, 0.2) is 0 Å². The van der Waals surface area contributed by atoms with Crippen LogP contribution in [0.2, 0.25) is 0 Å². The molecular formula is C17H26N2O. The van der Waals surface area contributed by atoms with E-state index in [1.54, 1.807) is 0 Å². The molecule has 1 saturated heterocycles. The summed E-state index contributed by atoms with van der Waals surface area (Å²) in [5.41, 5.74) is 2.19. The van der Waals surface area contributed by atoms with E-state index < -0.39 is 0 Å². The molecule has 1 aliphatic rings. The number of carbonyl (C=O) groups is 1. The van der Waals surface area contributed by atoms with Crippen LogP contribution >= 0.6 is 0 Å². The molecule has 0 radical (unpaired) electrons. The van der Waals surface area contributed by atoms with E-state index in [0.717, 1.165) is 24.3 Å². The van der Waals surface area contributed by atoms with E-state index in [-0.39, 0.29) is 5.91 Å². The summed E-state index contributed by atoms with van der Waals surface area (Å²) in [4.78, 5) is 13.6. The highest BCUT2D eigenvalue weighted by molar-refractivity contribution is 5.95. The van der Waals surface area contributed by atoms with Crippen molar-refractivity contribution in [2.24, 2.45) is 0 Å². The first-order chi connectivity index (χ1) is 9.74. The molecule has 0 bridgehead atoms. The van der Waals surface area contributed by atoms with Gasteiger partial charge in [0.2, 0.25) is 5.91 Å². The minimum Gasteiger partial charge on any atom is -0.382 e. The fraction of sp³-hybridized carbons (Fsp3) is 0.588. The molecule has 0 aliphatic carbocycles. The lowest BCUT2D eigenvalue weighted by Gasteiger charge is -2.20. The SMILES string of the molecule is CCCC(CCC)Nc1ccc(N2CCCC2=O)cc1. The van der Waals surface area contributed by atoms with Crippen molar-refractivity contribution in [3.8, 4) is 0 Å². The van der Waals surface area contributed by atoms with Crippen molar-refractivity contribution in [3.05, 3.63) is 24.3 Å². The molecule has 1 fully saturated rings. The maximum absolute atomic E-state index is 11.7. The predicted octanol–water partition coefficient (Wildman–Crippen LogP) is 4.19. The Balaban J connectivity index is 1.98. The van der Waals surface area contributed by atoms with Crippen molar-refractivity contribution < 1.29 is 4.79 Å². The minimum atomic E-state index is 0.251. The Bertz CT molecular complexity index is 421. The summed E-state index contributed by atoms with van der Waals surface area (Å²) in [5.74, 6) is 0.251. The van der Waals surface area contributed by atoms with E-state index >= 15 is 0 Å². The van der Waals surface area contributed by atoms with Crippen LogP contribution in [0.4, 0.5) is 11.4 Å². The number of nitrogens with zero attached hydrogens (tertiary/aromatic N) is 1. The van der Waals surface area contributed by atoms with Gasteiger partial charge in [-0.1, -0.05) is 26.7 Å². The fourth-order valence-electron chi connectivity index (χ4n) is 2.88. The molecule has 3 heteroatoms. The smallest absolute Gasteiger partial charge is 0.227 e. The van der Waals surface area contributed by atoms with Gasteiger partial charge in [-0.15, -0.1) is 0 Å². The second-order valence-electron chi connectivity index (χ2n) is 5.61. The van der Waals surface area contributed by atoms with Gasteiger partial charge in [0.05, 0.1) is 0 Å². The number of nitrogens with one attached hydrogen (secondary N) is 1. The molecule has 0 saturated carbocycles. The molecule has 3 nitrogen and oxygen atoms in total. The van der Waals surface area contributed by atoms with Gasteiger partial charge in [-0.2, -0.15) is 0 Å². The van der Waals surface area contributed by atoms with Gasteiger partial charge >= 0.3 is 0 Å². The van der Waals surface area contributed by atoms with E-state index in [9.17, 15) is 4.79 Å². The summed E-state index contributed by atoms with van der Waals surface area (Å²) in [7, 11) is 0. The molecule has 2 rings (SSSR count). The largest absolute Gasteiger partial charge is 0.382 e. The predicted molar refractivity (Wildman–Crippen MR) is 85.3 cm³/mol. The van der Waals surface area contributed by atoms with E-state index in [1.165, 1.54) is 25.7 Å². The number of rotatable bonds is 7. The molecule has 0 spiro atoms. The standard InChI is InChI=1S/C17H26N2O/c1-3-6-14(7-4-2)18-15-9-11-16(12-10-15)19-13-5-8-17(19)20/h9-12,14,18H,3-8,13H2,1-2H3. The van der Waals surface area contributed by atoms with Crippen LogP contribution in [0.3, 0.4) is 0 Å². The first kappa shape index (κ1) is 14.9. The number of hydrogen-bond acceptors (Lipinski definition) is 2. The number of benzene rings is 1. The minimum absolute atomic E-state index is 0.251. The first-order valence-corrected chi connectivity index (χ1v) is 7.91. The maximum Gasteiger partial charge on any atom is 0.227 e. The van der Waals surface area contributed by atoms with Crippen LogP contribution in [0.1, 0.15) is 52.4 Å². The van der Waals surface area contributed by atoms with E-state index in [4.69, 9.17) is 0 Å². The van der Waals surface area contributed by atoms with Crippen molar-refractivity contribution in [2.45, 2.75) is 58.4 Å². The summed E-state index contributed by atoms with van der Waals surface area (Å²) in [6.07, 6.45) is 6.50. The monoisotopic (exact) mass is 274 g/mol. The van der Waals surface area contributed by atoms with Crippen LogP contribution in [0.5, 0.6) is 0 Å². The van der Waals surface area contributed by atoms with Crippen LogP contribution in [0, 0.1) is 0 Å². The summed E-state index contributed by atoms with van der Waals surface area (Å²) < 4.78 is 0. The Labute approximate surface area is 122 Å². The summed E-state index contributed by atoms with van der Waals surface area (Å²) in [6.45, 7) is 5.32. The maximum atomic E-state index is 11.7. The Kier molecular flexibility index (Phi) is 5.45. The lowest BCUT2D eigenvalue weighted by Crippen LogP contribution is -2.23.